The summed E-state index contributed by atoms with van der Waals surface area (Å²) < 4.78 is 38.9. The average Bonchev–Trinajstić information content (AvgIpc) is 2.06. The van der Waals surface area contributed by atoms with Crippen molar-refractivity contribution in [2.75, 3.05) is 0 Å². The number of aromatic nitrogens is 1. The molecule has 0 bridgehead atoms. The van der Waals surface area contributed by atoms with Crippen molar-refractivity contribution < 1.29 is 17.9 Å². The minimum atomic E-state index is -4.76. The molecule has 0 aliphatic heterocycles. The summed E-state index contributed by atoms with van der Waals surface area (Å²) in [5.74, 6) is -0.531. The highest BCUT2D eigenvalue weighted by molar-refractivity contribution is 5.35. The Kier molecular flexibility index (Phi) is 2.60. The first-order valence-electron chi connectivity index (χ1n) is 3.55. The van der Waals surface area contributed by atoms with E-state index < -0.39 is 12.2 Å². The fourth-order valence-corrected chi connectivity index (χ4v) is 0.840. The zero-order valence-corrected chi connectivity index (χ0v) is 7.09. The number of nitriles is 1. The van der Waals surface area contributed by atoms with Gasteiger partial charge in [-0.2, -0.15) is 5.26 Å². The fourth-order valence-electron chi connectivity index (χ4n) is 0.840. The molecule has 0 N–H and O–H groups in total. The number of halogens is 3. The first-order chi connectivity index (χ1) is 6.42. The van der Waals surface area contributed by atoms with Gasteiger partial charge in [0.15, 0.2) is 0 Å². The number of aryl methyl sites for hydroxylation is 1. The van der Waals surface area contributed by atoms with Crippen LogP contribution in [0.15, 0.2) is 12.3 Å². The molecule has 14 heavy (non-hydrogen) atoms. The minimum absolute atomic E-state index is 0.168. The summed E-state index contributed by atoms with van der Waals surface area (Å²) in [7, 11) is 0. The van der Waals surface area contributed by atoms with Gasteiger partial charge in [-0.05, 0) is 13.0 Å². The van der Waals surface area contributed by atoms with Crippen molar-refractivity contribution in [2.45, 2.75) is 13.3 Å². The quantitative estimate of drug-likeness (QED) is 0.700. The van der Waals surface area contributed by atoms with Crippen molar-refractivity contribution >= 4 is 0 Å². The number of nitrogens with zero attached hydrogens (tertiary/aromatic N) is 2. The summed E-state index contributed by atoms with van der Waals surface area (Å²) >= 11 is 0. The van der Waals surface area contributed by atoms with Crippen LogP contribution >= 0.6 is 0 Å². The van der Waals surface area contributed by atoms with Crippen LogP contribution in [0.3, 0.4) is 0 Å². The molecule has 1 aromatic heterocycles. The van der Waals surface area contributed by atoms with Crippen molar-refractivity contribution in [3.05, 3.63) is 23.4 Å². The van der Waals surface area contributed by atoms with Gasteiger partial charge in [-0.25, -0.2) is 4.98 Å². The molecular formula is C8H5F3N2O. The fraction of sp³-hybridized carbons (Fsp3) is 0.250. The van der Waals surface area contributed by atoms with Crippen molar-refractivity contribution in [1.82, 2.24) is 4.98 Å². The molecule has 6 heteroatoms. The van der Waals surface area contributed by atoms with Gasteiger partial charge < -0.3 is 4.74 Å². The maximum absolute atomic E-state index is 11.8. The third-order valence-electron chi connectivity index (χ3n) is 1.37. The number of hydrogen-bond acceptors (Lipinski definition) is 3. The molecule has 0 saturated carbocycles. The van der Waals surface area contributed by atoms with Crippen LogP contribution < -0.4 is 4.74 Å². The van der Waals surface area contributed by atoms with Gasteiger partial charge in [-0.15, -0.1) is 13.2 Å². The Bertz CT molecular complexity index is 381. The Hall–Kier alpha value is -1.77. The molecule has 1 aromatic rings. The van der Waals surface area contributed by atoms with Gasteiger partial charge >= 0.3 is 6.36 Å². The number of hydrogen-bond donors (Lipinski definition) is 0. The smallest absolute Gasteiger partial charge is 0.388 e. The second-order valence-corrected chi connectivity index (χ2v) is 2.51. The van der Waals surface area contributed by atoms with Gasteiger partial charge in [0, 0.05) is 11.8 Å². The van der Waals surface area contributed by atoms with Gasteiger partial charge in [0.2, 0.25) is 5.88 Å². The van der Waals surface area contributed by atoms with Crippen LogP contribution in [-0.2, 0) is 0 Å². The van der Waals surface area contributed by atoms with E-state index >= 15 is 0 Å². The molecule has 0 aliphatic carbocycles. The normalized spacial score (nSPS) is 10.8. The molecule has 0 saturated heterocycles. The Morgan fingerprint density at radius 1 is 1.50 bits per heavy atom. The van der Waals surface area contributed by atoms with E-state index in [1.54, 1.807) is 6.07 Å². The van der Waals surface area contributed by atoms with Crippen LogP contribution in [0, 0.1) is 18.3 Å². The van der Waals surface area contributed by atoms with E-state index in [-0.39, 0.29) is 11.1 Å². The predicted octanol–water partition coefficient (Wildman–Crippen LogP) is 2.16. The maximum atomic E-state index is 11.8. The van der Waals surface area contributed by atoms with E-state index in [1.165, 1.54) is 13.0 Å². The van der Waals surface area contributed by atoms with E-state index in [0.29, 0.717) is 0 Å². The number of rotatable bonds is 1. The van der Waals surface area contributed by atoms with Crippen LogP contribution in [0.2, 0.25) is 0 Å². The largest absolute Gasteiger partial charge is 0.574 e. The Morgan fingerprint density at radius 3 is 2.57 bits per heavy atom. The van der Waals surface area contributed by atoms with Gasteiger partial charge in [0.1, 0.15) is 6.07 Å². The second kappa shape index (κ2) is 3.54. The van der Waals surface area contributed by atoms with E-state index in [4.69, 9.17) is 5.26 Å². The minimum Gasteiger partial charge on any atom is -0.388 e. The van der Waals surface area contributed by atoms with Gasteiger partial charge in [0.05, 0.1) is 5.56 Å². The van der Waals surface area contributed by atoms with Crippen LogP contribution in [0.4, 0.5) is 13.2 Å². The SMILES string of the molecule is Cc1cc(C#N)cnc1OC(F)(F)F. The number of alkyl halides is 3. The molecule has 1 heterocycles. The maximum Gasteiger partial charge on any atom is 0.574 e. The summed E-state index contributed by atoms with van der Waals surface area (Å²) in [4.78, 5) is 3.37. The second-order valence-electron chi connectivity index (χ2n) is 2.51. The van der Waals surface area contributed by atoms with Gasteiger partial charge in [-0.1, -0.05) is 0 Å². The van der Waals surface area contributed by atoms with Crippen LogP contribution in [0.25, 0.3) is 0 Å². The molecule has 0 unspecified atom stereocenters. The molecular weight excluding hydrogens is 197 g/mol. The summed E-state index contributed by atoms with van der Waals surface area (Å²) in [6.45, 7) is 1.38. The summed E-state index contributed by atoms with van der Waals surface area (Å²) in [5.41, 5.74) is 0.360. The van der Waals surface area contributed by atoms with Crippen molar-refractivity contribution in [3.8, 4) is 11.9 Å². The van der Waals surface area contributed by atoms with E-state index in [9.17, 15) is 13.2 Å². The zero-order chi connectivity index (χ0) is 10.8. The molecule has 0 aliphatic rings. The molecule has 0 atom stereocenters. The van der Waals surface area contributed by atoms with Crippen molar-refractivity contribution in [2.24, 2.45) is 0 Å². The Balaban J connectivity index is 2.97. The molecule has 0 aromatic carbocycles. The highest BCUT2D eigenvalue weighted by atomic mass is 19.4. The first-order valence-corrected chi connectivity index (χ1v) is 3.55. The monoisotopic (exact) mass is 202 g/mol. The molecule has 0 radical (unpaired) electrons. The van der Waals surface area contributed by atoms with Crippen LogP contribution in [0.5, 0.6) is 5.88 Å². The number of ether oxygens (including phenoxy) is 1. The molecule has 1 rings (SSSR count). The third kappa shape index (κ3) is 2.62. The molecule has 74 valence electrons. The lowest BCUT2D eigenvalue weighted by Crippen LogP contribution is -2.18. The molecule has 0 fully saturated rings. The van der Waals surface area contributed by atoms with Crippen molar-refractivity contribution in [3.63, 3.8) is 0 Å². The first kappa shape index (κ1) is 10.3. The lowest BCUT2D eigenvalue weighted by Gasteiger charge is -2.09. The lowest BCUT2D eigenvalue weighted by molar-refractivity contribution is -0.276. The highest BCUT2D eigenvalue weighted by Crippen LogP contribution is 2.23. The Labute approximate surface area is 77.7 Å². The van der Waals surface area contributed by atoms with Crippen LogP contribution in [-0.4, -0.2) is 11.3 Å². The lowest BCUT2D eigenvalue weighted by atomic mass is 10.2. The highest BCUT2D eigenvalue weighted by Gasteiger charge is 2.32. The van der Waals surface area contributed by atoms with Gasteiger partial charge in [0.25, 0.3) is 0 Å². The average molecular weight is 202 g/mol. The number of pyridine rings is 1. The van der Waals surface area contributed by atoms with Crippen molar-refractivity contribution in [1.29, 1.82) is 5.26 Å². The standard InChI is InChI=1S/C8H5F3N2O/c1-5-2-6(3-12)4-13-7(5)14-8(9,10)11/h2,4H,1H3. The topological polar surface area (TPSA) is 45.9 Å². The van der Waals surface area contributed by atoms with E-state index in [0.717, 1.165) is 6.20 Å². The predicted molar refractivity (Wildman–Crippen MR) is 40.4 cm³/mol. The summed E-state index contributed by atoms with van der Waals surface area (Å²) in [5, 5.41) is 8.43. The van der Waals surface area contributed by atoms with E-state index in [2.05, 4.69) is 9.72 Å². The van der Waals surface area contributed by atoms with Crippen LogP contribution in [0.1, 0.15) is 11.1 Å². The molecule has 0 spiro atoms. The molecule has 0 amide bonds. The summed E-state index contributed by atoms with van der Waals surface area (Å²) in [6, 6.07) is 3.03. The zero-order valence-electron chi connectivity index (χ0n) is 7.09. The van der Waals surface area contributed by atoms with E-state index in [1.807, 2.05) is 0 Å². The van der Waals surface area contributed by atoms with Gasteiger partial charge in [-0.3, -0.25) is 0 Å². The molecule has 3 nitrogen and oxygen atoms in total. The third-order valence-corrected chi connectivity index (χ3v) is 1.37. The summed E-state index contributed by atoms with van der Waals surface area (Å²) in [6.07, 6.45) is -3.74. The Morgan fingerprint density at radius 2 is 2.14 bits per heavy atom.